The molecule has 20 heavy (non-hydrogen) atoms. The Morgan fingerprint density at radius 3 is 2.15 bits per heavy atom. The fourth-order valence-electron chi connectivity index (χ4n) is 2.57. The van der Waals surface area contributed by atoms with Crippen molar-refractivity contribution in [1.82, 2.24) is 4.90 Å². The Bertz CT molecular complexity index is 462. The minimum absolute atomic E-state index is 0.231. The van der Waals surface area contributed by atoms with E-state index in [1.54, 1.807) is 0 Å². The van der Waals surface area contributed by atoms with Crippen LogP contribution in [0.3, 0.4) is 0 Å². The number of hydrogen-bond acceptors (Lipinski definition) is 2. The number of nitrogens with zero attached hydrogens (tertiary/aromatic N) is 1. The van der Waals surface area contributed by atoms with Crippen molar-refractivity contribution in [3.63, 3.8) is 0 Å². The molecule has 1 aliphatic heterocycles. The Morgan fingerprint density at radius 1 is 1.05 bits per heavy atom. The molecule has 0 spiro atoms. The Labute approximate surface area is 126 Å². The number of benzene rings is 1. The van der Waals surface area contributed by atoms with E-state index in [0.29, 0.717) is 11.4 Å². The maximum Gasteiger partial charge on any atom is 0.226 e. The van der Waals surface area contributed by atoms with E-state index in [0.717, 1.165) is 37.1 Å². The van der Waals surface area contributed by atoms with E-state index >= 15 is 0 Å². The maximum absolute atomic E-state index is 12.3. The van der Waals surface area contributed by atoms with Crippen molar-refractivity contribution in [3.8, 4) is 0 Å². The van der Waals surface area contributed by atoms with Gasteiger partial charge in [0.05, 0.1) is 6.42 Å². The fourth-order valence-corrected chi connectivity index (χ4v) is 2.71. The highest BCUT2D eigenvalue weighted by Gasteiger charge is 2.15. The molecule has 2 N–H and O–H groups in total. The van der Waals surface area contributed by atoms with Crippen LogP contribution in [0, 0.1) is 0 Å². The smallest absolute Gasteiger partial charge is 0.226 e. The second kappa shape index (κ2) is 7.39. The van der Waals surface area contributed by atoms with E-state index in [9.17, 15) is 4.79 Å². The van der Waals surface area contributed by atoms with Crippen molar-refractivity contribution in [3.05, 3.63) is 35.4 Å². The predicted octanol–water partition coefficient (Wildman–Crippen LogP) is 2.66. The van der Waals surface area contributed by atoms with Crippen molar-refractivity contribution in [2.24, 2.45) is 5.73 Å². The molecule has 0 bridgehead atoms. The lowest BCUT2D eigenvalue weighted by molar-refractivity contribution is -0.130. The highest BCUT2D eigenvalue weighted by Crippen LogP contribution is 2.13. The summed E-state index contributed by atoms with van der Waals surface area (Å²) in [6.45, 7) is 1.81. The quantitative estimate of drug-likeness (QED) is 0.871. The molecule has 3 nitrogen and oxygen atoms in total. The zero-order chi connectivity index (χ0) is 14.4. The average Bonchev–Trinajstić information content (AvgIpc) is 2.38. The number of carbonyl (C=O) groups excluding carboxylic acids is 1. The maximum atomic E-state index is 12.3. The van der Waals surface area contributed by atoms with Gasteiger partial charge in [-0.1, -0.05) is 55.7 Å². The summed E-state index contributed by atoms with van der Waals surface area (Å²) in [5.74, 6) is 0.231. The van der Waals surface area contributed by atoms with Crippen LogP contribution < -0.4 is 5.73 Å². The summed E-state index contributed by atoms with van der Waals surface area (Å²) in [6.07, 6.45) is 6.52. The van der Waals surface area contributed by atoms with Crippen LogP contribution >= 0.6 is 12.2 Å². The van der Waals surface area contributed by atoms with Gasteiger partial charge in [-0.25, -0.2) is 0 Å². The van der Waals surface area contributed by atoms with Gasteiger partial charge in [0.25, 0.3) is 0 Å². The molecule has 1 amide bonds. The zero-order valence-electron chi connectivity index (χ0n) is 11.8. The Hall–Kier alpha value is -1.42. The molecule has 1 saturated heterocycles. The van der Waals surface area contributed by atoms with Crippen molar-refractivity contribution in [1.29, 1.82) is 0 Å². The molecule has 4 heteroatoms. The number of rotatable bonds is 3. The third-order valence-electron chi connectivity index (χ3n) is 3.80. The van der Waals surface area contributed by atoms with E-state index in [1.165, 1.54) is 19.3 Å². The van der Waals surface area contributed by atoms with Gasteiger partial charge < -0.3 is 10.6 Å². The van der Waals surface area contributed by atoms with Crippen LogP contribution in [0.25, 0.3) is 0 Å². The third kappa shape index (κ3) is 4.30. The largest absolute Gasteiger partial charge is 0.389 e. The Kier molecular flexibility index (Phi) is 5.53. The van der Waals surface area contributed by atoms with Crippen LogP contribution in [0.2, 0.25) is 0 Å². The second-order valence-corrected chi connectivity index (χ2v) is 5.83. The summed E-state index contributed by atoms with van der Waals surface area (Å²) in [5, 5.41) is 0. The molecule has 2 rings (SSSR count). The molecule has 0 atom stereocenters. The number of likely N-dealkylation sites (tertiary alicyclic amines) is 1. The fraction of sp³-hybridized carbons (Fsp3) is 0.500. The summed E-state index contributed by atoms with van der Waals surface area (Å²) < 4.78 is 0. The average molecular weight is 290 g/mol. The van der Waals surface area contributed by atoms with Crippen LogP contribution in [0.4, 0.5) is 0 Å². The second-order valence-electron chi connectivity index (χ2n) is 5.39. The van der Waals surface area contributed by atoms with E-state index in [2.05, 4.69) is 0 Å². The monoisotopic (exact) mass is 290 g/mol. The van der Waals surface area contributed by atoms with Crippen LogP contribution in [0.1, 0.15) is 43.2 Å². The van der Waals surface area contributed by atoms with Gasteiger partial charge in [0.15, 0.2) is 0 Å². The molecule has 1 aromatic rings. The number of carbonyl (C=O) groups is 1. The Balaban J connectivity index is 1.93. The van der Waals surface area contributed by atoms with E-state index in [-0.39, 0.29) is 5.91 Å². The predicted molar refractivity (Wildman–Crippen MR) is 85.7 cm³/mol. The first-order chi connectivity index (χ1) is 9.66. The summed E-state index contributed by atoms with van der Waals surface area (Å²) in [4.78, 5) is 14.7. The SMILES string of the molecule is NC(=S)c1ccc(CC(=O)N2CCCCCCC2)cc1. The van der Waals surface area contributed by atoms with Gasteiger partial charge in [-0.15, -0.1) is 0 Å². The molecule has 0 radical (unpaired) electrons. The molecule has 1 aliphatic rings. The first-order valence-electron chi connectivity index (χ1n) is 7.33. The normalized spacial score (nSPS) is 16.3. The lowest BCUT2D eigenvalue weighted by Gasteiger charge is -2.24. The molecule has 1 heterocycles. The molecule has 0 aromatic heterocycles. The number of nitrogens with two attached hydrogens (primary N) is 1. The summed E-state index contributed by atoms with van der Waals surface area (Å²) >= 11 is 4.93. The lowest BCUT2D eigenvalue weighted by atomic mass is 10.1. The number of thiocarbonyl (C=S) groups is 1. The topological polar surface area (TPSA) is 46.3 Å². The molecule has 108 valence electrons. The number of amides is 1. The third-order valence-corrected chi connectivity index (χ3v) is 4.04. The van der Waals surface area contributed by atoms with Crippen LogP contribution in [-0.2, 0) is 11.2 Å². The molecule has 0 aliphatic carbocycles. The summed E-state index contributed by atoms with van der Waals surface area (Å²) in [7, 11) is 0. The van der Waals surface area contributed by atoms with Crippen LogP contribution in [0.15, 0.2) is 24.3 Å². The standard InChI is InChI=1S/C16H22N2OS/c17-16(20)14-8-6-13(7-9-14)12-15(19)18-10-4-2-1-3-5-11-18/h6-9H,1-5,10-12H2,(H2,17,20). The minimum atomic E-state index is 0.231. The van der Waals surface area contributed by atoms with Gasteiger partial charge in [0.2, 0.25) is 5.91 Å². The highest BCUT2D eigenvalue weighted by atomic mass is 32.1. The van der Waals surface area contributed by atoms with Crippen molar-refractivity contribution >= 4 is 23.1 Å². The van der Waals surface area contributed by atoms with Crippen molar-refractivity contribution in [2.75, 3.05) is 13.1 Å². The van der Waals surface area contributed by atoms with Crippen molar-refractivity contribution < 1.29 is 4.79 Å². The van der Waals surface area contributed by atoms with Gasteiger partial charge in [-0.3, -0.25) is 4.79 Å². The molecular weight excluding hydrogens is 268 g/mol. The van der Waals surface area contributed by atoms with Gasteiger partial charge >= 0.3 is 0 Å². The first-order valence-corrected chi connectivity index (χ1v) is 7.74. The van der Waals surface area contributed by atoms with E-state index in [1.807, 2.05) is 29.2 Å². The summed E-state index contributed by atoms with van der Waals surface area (Å²) in [5.41, 5.74) is 7.44. The van der Waals surface area contributed by atoms with E-state index < -0.39 is 0 Å². The molecular formula is C16H22N2OS. The molecule has 1 fully saturated rings. The van der Waals surface area contributed by atoms with Gasteiger partial charge in [-0.05, 0) is 18.4 Å². The molecule has 1 aromatic carbocycles. The van der Waals surface area contributed by atoms with Crippen molar-refractivity contribution in [2.45, 2.75) is 38.5 Å². The first kappa shape index (κ1) is 15.0. The summed E-state index contributed by atoms with van der Waals surface area (Å²) in [6, 6.07) is 7.66. The van der Waals surface area contributed by atoms with Crippen LogP contribution in [-0.4, -0.2) is 28.9 Å². The molecule has 0 saturated carbocycles. The number of hydrogen-bond donors (Lipinski definition) is 1. The minimum Gasteiger partial charge on any atom is -0.389 e. The molecule has 0 unspecified atom stereocenters. The van der Waals surface area contributed by atoms with Gasteiger partial charge in [-0.2, -0.15) is 0 Å². The Morgan fingerprint density at radius 2 is 1.60 bits per heavy atom. The van der Waals surface area contributed by atoms with Gasteiger partial charge in [0, 0.05) is 18.7 Å². The van der Waals surface area contributed by atoms with E-state index in [4.69, 9.17) is 18.0 Å². The highest BCUT2D eigenvalue weighted by molar-refractivity contribution is 7.80. The van der Waals surface area contributed by atoms with Gasteiger partial charge in [0.1, 0.15) is 4.99 Å². The van der Waals surface area contributed by atoms with Crippen LogP contribution in [0.5, 0.6) is 0 Å². The lowest BCUT2D eigenvalue weighted by Crippen LogP contribution is -2.34. The zero-order valence-corrected chi connectivity index (χ0v) is 12.6.